The summed E-state index contributed by atoms with van der Waals surface area (Å²) in [4.78, 5) is 4.28. The Hall–Kier alpha value is -2.67. The maximum atomic E-state index is 14.1. The van der Waals surface area contributed by atoms with Crippen molar-refractivity contribution in [3.8, 4) is 0 Å². The fraction of sp³-hybridized carbons (Fsp3) is 0.286. The van der Waals surface area contributed by atoms with Crippen LogP contribution in [0.3, 0.4) is 0 Å². The Morgan fingerprint density at radius 3 is 1.94 bits per heavy atom. The molecule has 1 aliphatic heterocycles. The lowest BCUT2D eigenvalue weighted by molar-refractivity contribution is 0.356. The van der Waals surface area contributed by atoms with E-state index in [1.807, 2.05) is 0 Å². The molecule has 0 saturated carbocycles. The summed E-state index contributed by atoms with van der Waals surface area (Å²) in [6.07, 6.45) is -0.103. The van der Waals surface area contributed by atoms with E-state index >= 15 is 0 Å². The van der Waals surface area contributed by atoms with E-state index in [0.717, 1.165) is 6.07 Å². The molecule has 1 aliphatic rings. The molecule has 13 heteroatoms. The van der Waals surface area contributed by atoms with Gasteiger partial charge in [0.05, 0.1) is 10.9 Å². The van der Waals surface area contributed by atoms with E-state index in [1.165, 1.54) is 23.5 Å². The van der Waals surface area contributed by atoms with Crippen LogP contribution in [0.4, 0.5) is 35.9 Å². The van der Waals surface area contributed by atoms with Crippen molar-refractivity contribution in [2.24, 2.45) is 0 Å². The summed E-state index contributed by atoms with van der Waals surface area (Å²) in [5, 5.41) is 0.821. The van der Waals surface area contributed by atoms with Crippen molar-refractivity contribution in [2.75, 3.05) is 18.0 Å². The zero-order chi connectivity index (χ0) is 24.8. The van der Waals surface area contributed by atoms with Crippen molar-refractivity contribution < 1.29 is 39.2 Å². The van der Waals surface area contributed by atoms with Gasteiger partial charge in [-0.3, -0.25) is 0 Å². The first-order chi connectivity index (χ1) is 16.0. The molecule has 0 radical (unpaired) electrons. The second-order valence-electron chi connectivity index (χ2n) is 7.71. The number of piperidine rings is 1. The first-order valence-corrected chi connectivity index (χ1v) is 12.3. The van der Waals surface area contributed by atoms with E-state index in [1.54, 1.807) is 10.3 Å². The smallest absolute Gasteiger partial charge is 0.200 e. The lowest BCUT2D eigenvalue weighted by Gasteiger charge is -2.31. The Morgan fingerprint density at radius 2 is 1.38 bits per heavy atom. The maximum Gasteiger partial charge on any atom is 0.200 e. The standard InChI is InChI=1S/C21H15F7N2O2S2/c22-11-5-10(6-12(23)8-11)7-13-9-33-21(29-13)30-3-1-14(2-4-30)34(31,32)20-18(27)16(25)15(24)17(26)19(20)28/h5-6,8-9,14H,1-4,7H2. The highest BCUT2D eigenvalue weighted by Crippen LogP contribution is 2.34. The van der Waals surface area contributed by atoms with Crippen LogP contribution in [0.15, 0.2) is 28.5 Å². The van der Waals surface area contributed by atoms with E-state index in [0.29, 0.717) is 16.4 Å². The van der Waals surface area contributed by atoms with Crippen LogP contribution in [0.1, 0.15) is 24.1 Å². The number of rotatable bonds is 5. The molecule has 4 nitrogen and oxygen atoms in total. The van der Waals surface area contributed by atoms with Gasteiger partial charge in [0, 0.05) is 31.0 Å². The second-order valence-corrected chi connectivity index (χ2v) is 10.7. The van der Waals surface area contributed by atoms with Gasteiger partial charge in [0.15, 0.2) is 38.2 Å². The molecule has 0 aliphatic carbocycles. The topological polar surface area (TPSA) is 50.3 Å². The normalized spacial score (nSPS) is 15.2. The van der Waals surface area contributed by atoms with E-state index in [4.69, 9.17) is 0 Å². The minimum Gasteiger partial charge on any atom is -0.348 e. The SMILES string of the molecule is O=S(=O)(c1c(F)c(F)c(F)c(F)c1F)C1CCN(c2nc(Cc3cc(F)cc(F)c3)cs2)CC1. The van der Waals surface area contributed by atoms with E-state index < -0.39 is 60.7 Å². The second kappa shape index (κ2) is 9.17. The Labute approximate surface area is 193 Å². The van der Waals surface area contributed by atoms with E-state index in [2.05, 4.69) is 4.98 Å². The molecule has 0 amide bonds. The van der Waals surface area contributed by atoms with Gasteiger partial charge < -0.3 is 4.90 Å². The van der Waals surface area contributed by atoms with Crippen LogP contribution in [-0.4, -0.2) is 31.7 Å². The molecule has 3 aromatic rings. The summed E-state index contributed by atoms with van der Waals surface area (Å²) in [5.74, 6) is -13.3. The zero-order valence-electron chi connectivity index (χ0n) is 17.1. The van der Waals surface area contributed by atoms with Gasteiger partial charge in [-0.25, -0.2) is 44.1 Å². The van der Waals surface area contributed by atoms with Gasteiger partial charge in [-0.05, 0) is 30.5 Å². The molecular formula is C21H15F7N2O2S2. The number of hydrogen-bond donors (Lipinski definition) is 0. The minimum atomic E-state index is -4.85. The van der Waals surface area contributed by atoms with Crippen LogP contribution >= 0.6 is 11.3 Å². The highest BCUT2D eigenvalue weighted by atomic mass is 32.2. The van der Waals surface area contributed by atoms with Gasteiger partial charge in [0.25, 0.3) is 0 Å². The molecule has 2 heterocycles. The molecule has 2 aromatic carbocycles. The van der Waals surface area contributed by atoms with Gasteiger partial charge in [0.2, 0.25) is 5.82 Å². The number of benzene rings is 2. The number of aromatic nitrogens is 1. The number of anilines is 1. The summed E-state index contributed by atoms with van der Waals surface area (Å²) in [6, 6.07) is 3.11. The van der Waals surface area contributed by atoms with Crippen molar-refractivity contribution in [2.45, 2.75) is 29.4 Å². The molecule has 1 aromatic heterocycles. The van der Waals surface area contributed by atoms with Crippen molar-refractivity contribution in [3.63, 3.8) is 0 Å². The Morgan fingerprint density at radius 1 is 0.853 bits per heavy atom. The predicted molar refractivity (Wildman–Crippen MR) is 110 cm³/mol. The monoisotopic (exact) mass is 524 g/mol. The van der Waals surface area contributed by atoms with Crippen LogP contribution in [0.2, 0.25) is 0 Å². The zero-order valence-corrected chi connectivity index (χ0v) is 18.7. The van der Waals surface area contributed by atoms with Crippen LogP contribution in [0, 0.1) is 40.7 Å². The van der Waals surface area contributed by atoms with Crippen LogP contribution in [-0.2, 0) is 16.3 Å². The molecule has 0 bridgehead atoms. The molecule has 0 unspecified atom stereocenters. The summed E-state index contributed by atoms with van der Waals surface area (Å²) >= 11 is 1.22. The van der Waals surface area contributed by atoms with Gasteiger partial charge in [-0.15, -0.1) is 11.3 Å². The fourth-order valence-electron chi connectivity index (χ4n) is 3.80. The van der Waals surface area contributed by atoms with E-state index in [-0.39, 0.29) is 32.4 Å². The summed E-state index contributed by atoms with van der Waals surface area (Å²) in [7, 11) is -4.85. The lowest BCUT2D eigenvalue weighted by atomic mass is 10.1. The number of hydrogen-bond acceptors (Lipinski definition) is 5. The van der Waals surface area contributed by atoms with Gasteiger partial charge in [-0.1, -0.05) is 0 Å². The van der Waals surface area contributed by atoms with Crippen LogP contribution in [0.25, 0.3) is 0 Å². The molecular weight excluding hydrogens is 509 g/mol. The van der Waals surface area contributed by atoms with Crippen LogP contribution in [0.5, 0.6) is 0 Å². The molecule has 182 valence electrons. The summed E-state index contributed by atoms with van der Waals surface area (Å²) in [5.41, 5.74) is 0.906. The van der Waals surface area contributed by atoms with Gasteiger partial charge in [0.1, 0.15) is 16.5 Å². The number of sulfone groups is 1. The van der Waals surface area contributed by atoms with Gasteiger partial charge >= 0.3 is 0 Å². The molecule has 1 saturated heterocycles. The fourth-order valence-corrected chi connectivity index (χ4v) is 6.53. The predicted octanol–water partition coefficient (Wildman–Crippen LogP) is 5.15. The third kappa shape index (κ3) is 4.50. The quantitative estimate of drug-likeness (QED) is 0.201. The Bertz CT molecular complexity index is 1300. The third-order valence-corrected chi connectivity index (χ3v) is 8.68. The summed E-state index contributed by atoms with van der Waals surface area (Å²) < 4.78 is 121. The lowest BCUT2D eigenvalue weighted by Crippen LogP contribution is -2.40. The maximum absolute atomic E-state index is 14.1. The first kappa shape index (κ1) is 24.5. The van der Waals surface area contributed by atoms with Crippen LogP contribution < -0.4 is 4.90 Å². The minimum absolute atomic E-state index is 0.0981. The van der Waals surface area contributed by atoms with Crippen molar-refractivity contribution in [1.82, 2.24) is 4.98 Å². The Balaban J connectivity index is 1.48. The molecule has 0 spiro atoms. The van der Waals surface area contributed by atoms with Crippen molar-refractivity contribution >= 4 is 26.3 Å². The highest BCUT2D eigenvalue weighted by molar-refractivity contribution is 7.92. The number of thiazole rings is 1. The molecule has 0 N–H and O–H groups in total. The molecule has 0 atom stereocenters. The van der Waals surface area contributed by atoms with E-state index in [9.17, 15) is 39.2 Å². The molecule has 1 fully saturated rings. The average Bonchev–Trinajstić information content (AvgIpc) is 3.24. The third-order valence-electron chi connectivity index (χ3n) is 5.45. The molecule has 4 rings (SSSR count). The summed E-state index contributed by atoms with van der Waals surface area (Å²) in [6.45, 7) is 0.196. The largest absolute Gasteiger partial charge is 0.348 e. The highest BCUT2D eigenvalue weighted by Gasteiger charge is 2.39. The first-order valence-electron chi connectivity index (χ1n) is 9.88. The number of nitrogens with zero attached hydrogens (tertiary/aromatic N) is 2. The van der Waals surface area contributed by atoms with Crippen molar-refractivity contribution in [1.29, 1.82) is 0 Å². The average molecular weight is 524 g/mol. The number of halogens is 7. The molecule has 34 heavy (non-hydrogen) atoms. The van der Waals surface area contributed by atoms with Gasteiger partial charge in [-0.2, -0.15) is 0 Å². The Kier molecular flexibility index (Phi) is 6.60. The van der Waals surface area contributed by atoms with Crippen molar-refractivity contribution in [3.05, 3.63) is 75.6 Å².